The van der Waals surface area contributed by atoms with E-state index in [-0.39, 0.29) is 5.97 Å². The largest absolute Gasteiger partial charge is 0.465 e. The number of carbonyl (C=O) groups is 1. The van der Waals surface area contributed by atoms with E-state index in [1.807, 2.05) is 24.3 Å². The van der Waals surface area contributed by atoms with Crippen LogP contribution in [0.15, 0.2) is 84.9 Å². The number of hydrogen-bond acceptors (Lipinski definition) is 4. The summed E-state index contributed by atoms with van der Waals surface area (Å²) in [6.07, 6.45) is 8.59. The van der Waals surface area contributed by atoms with Gasteiger partial charge in [0.1, 0.15) is 0 Å². The van der Waals surface area contributed by atoms with E-state index in [4.69, 9.17) is 14.7 Å². The Bertz CT molecular complexity index is 3100. The monoisotopic (exact) mass is 798 g/mol. The molecule has 4 aromatic carbocycles. The van der Waals surface area contributed by atoms with Crippen molar-refractivity contribution >= 4 is 52.3 Å². The molecule has 3 aromatic heterocycles. The van der Waals surface area contributed by atoms with Crippen molar-refractivity contribution < 1.29 is 9.53 Å². The molecule has 0 saturated heterocycles. The lowest BCUT2D eigenvalue weighted by Crippen LogP contribution is -2.00. The van der Waals surface area contributed by atoms with Gasteiger partial charge in [0.2, 0.25) is 0 Å². The first-order chi connectivity index (χ1) is 29.3. The number of aromatic amines is 2. The molecule has 2 aliphatic rings. The van der Waals surface area contributed by atoms with Crippen LogP contribution in [-0.4, -0.2) is 33.0 Å². The zero-order valence-corrected chi connectivity index (χ0v) is 36.6. The highest BCUT2D eigenvalue weighted by molar-refractivity contribution is 6.01. The highest BCUT2D eigenvalue weighted by Crippen LogP contribution is 2.42. The summed E-state index contributed by atoms with van der Waals surface area (Å²) in [4.78, 5) is 31.5. The van der Waals surface area contributed by atoms with Crippen molar-refractivity contribution in [2.75, 3.05) is 7.11 Å². The van der Waals surface area contributed by atoms with Crippen molar-refractivity contribution in [3.63, 3.8) is 0 Å². The van der Waals surface area contributed by atoms with Gasteiger partial charge >= 0.3 is 5.97 Å². The lowest BCUT2D eigenvalue weighted by atomic mass is 9.92. The molecule has 0 fully saturated rings. The number of methoxy groups -OCH3 is 1. The Kier molecular flexibility index (Phi) is 9.82. The number of fused-ring (bicyclic) bond motifs is 8. The van der Waals surface area contributed by atoms with Gasteiger partial charge in [-0.05, 0) is 179 Å². The molecule has 0 unspecified atom stereocenters. The van der Waals surface area contributed by atoms with Crippen LogP contribution in [0.2, 0.25) is 0 Å². The van der Waals surface area contributed by atoms with Gasteiger partial charge in [-0.1, -0.05) is 65.2 Å². The molecule has 0 atom stereocenters. The highest BCUT2D eigenvalue weighted by Gasteiger charge is 2.23. The number of hydrogen-bond donors (Lipinski definition) is 2. The fraction of sp³-hybridized carbons (Fsp3) is 0.182. The van der Waals surface area contributed by atoms with Gasteiger partial charge in [0, 0.05) is 44.3 Å². The van der Waals surface area contributed by atoms with Crippen LogP contribution in [-0.2, 0) is 4.74 Å². The van der Waals surface area contributed by atoms with Crippen LogP contribution in [0.5, 0.6) is 0 Å². The van der Waals surface area contributed by atoms with Crippen molar-refractivity contribution in [1.82, 2.24) is 19.9 Å². The van der Waals surface area contributed by atoms with Crippen LogP contribution < -0.4 is 0 Å². The molecular formula is C55H50N4O2. The second-order valence-corrected chi connectivity index (χ2v) is 16.9. The van der Waals surface area contributed by atoms with Gasteiger partial charge in [0.05, 0.1) is 35.4 Å². The van der Waals surface area contributed by atoms with Crippen LogP contribution in [0, 0.1) is 62.3 Å². The predicted molar refractivity (Wildman–Crippen MR) is 255 cm³/mol. The maximum atomic E-state index is 12.5. The van der Waals surface area contributed by atoms with Crippen LogP contribution in [0.3, 0.4) is 0 Å². The predicted octanol–water partition coefficient (Wildman–Crippen LogP) is 13.9. The summed E-state index contributed by atoms with van der Waals surface area (Å²) in [6, 6.07) is 29.8. The van der Waals surface area contributed by atoms with Gasteiger partial charge in [-0.15, -0.1) is 0 Å². The Morgan fingerprint density at radius 2 is 0.705 bits per heavy atom. The normalized spacial score (nSPS) is 12.0. The van der Waals surface area contributed by atoms with Gasteiger partial charge in [-0.2, -0.15) is 0 Å². The summed E-state index contributed by atoms with van der Waals surface area (Å²) in [7, 11) is 1.40. The van der Waals surface area contributed by atoms with Gasteiger partial charge in [0.25, 0.3) is 0 Å². The molecule has 6 heteroatoms. The fourth-order valence-electron chi connectivity index (χ4n) is 9.91. The molecule has 8 bridgehead atoms. The van der Waals surface area contributed by atoms with Crippen LogP contribution in [0.25, 0.3) is 90.9 Å². The van der Waals surface area contributed by atoms with E-state index in [0.29, 0.717) is 5.56 Å². The molecule has 9 rings (SSSR count). The SMILES string of the molecule is COC(=O)c1ccc(-c2c3nc(c(-c4c(C)cc(C)cc4C)c4ccc([nH]4)c(-c4c(C)cc(C)cc4C)c4nc(c(-c5c(C)cc(C)cc5C)c5ccc2[nH]5)C=C4)C=C3)cc1. The standard InChI is InChI=1S/C55H50N4O2/c1-29-23-32(4)48(33(5)24-29)52-42-17-15-40(56-42)51(38-11-13-39(14-12-38)55(60)61-10)41-16-18-43(57-41)53(49-34(6)25-30(2)26-35(49)7)45-20-22-47(59-45)54(46-21-19-44(52)58-46)50-36(8)27-31(3)28-37(50)9/h11-28,56,59H,1-10H3. The summed E-state index contributed by atoms with van der Waals surface area (Å²) in [6.45, 7) is 19.6. The first-order valence-corrected chi connectivity index (χ1v) is 20.9. The lowest BCUT2D eigenvalue weighted by molar-refractivity contribution is 0.0600. The third-order valence-corrected chi connectivity index (χ3v) is 12.1. The first kappa shape index (κ1) is 39.4. The minimum atomic E-state index is -0.378. The summed E-state index contributed by atoms with van der Waals surface area (Å²) in [5.74, 6) is -0.378. The van der Waals surface area contributed by atoms with Crippen LogP contribution in [0.1, 0.15) is 83.2 Å². The van der Waals surface area contributed by atoms with Crippen LogP contribution >= 0.6 is 0 Å². The van der Waals surface area contributed by atoms with Gasteiger partial charge in [-0.3, -0.25) is 0 Å². The molecule has 2 N–H and O–H groups in total. The molecule has 2 aliphatic heterocycles. The van der Waals surface area contributed by atoms with E-state index in [2.05, 4.69) is 157 Å². The van der Waals surface area contributed by atoms with E-state index >= 15 is 0 Å². The second kappa shape index (κ2) is 15.2. The van der Waals surface area contributed by atoms with Crippen molar-refractivity contribution in [3.05, 3.63) is 163 Å². The maximum absolute atomic E-state index is 12.5. The molecule has 0 aliphatic carbocycles. The summed E-state index contributed by atoms with van der Waals surface area (Å²) < 4.78 is 5.05. The minimum Gasteiger partial charge on any atom is -0.465 e. The fourth-order valence-corrected chi connectivity index (χ4v) is 9.91. The first-order valence-electron chi connectivity index (χ1n) is 20.9. The third kappa shape index (κ3) is 6.92. The molecule has 0 radical (unpaired) electrons. The number of carbonyl (C=O) groups excluding carboxylic acids is 1. The summed E-state index contributed by atoms with van der Waals surface area (Å²) >= 11 is 0. The Hall–Kier alpha value is -7.05. The number of ether oxygens (including phenoxy) is 1. The number of nitrogens with one attached hydrogen (secondary N) is 2. The summed E-state index contributed by atoms with van der Waals surface area (Å²) in [5.41, 5.74) is 26.9. The minimum absolute atomic E-state index is 0.378. The molecule has 5 heterocycles. The number of benzene rings is 4. The van der Waals surface area contributed by atoms with E-state index in [1.165, 1.54) is 62.7 Å². The molecule has 0 spiro atoms. The molecule has 6 nitrogen and oxygen atoms in total. The molecular weight excluding hydrogens is 749 g/mol. The number of rotatable bonds is 5. The average molecular weight is 799 g/mol. The molecule has 0 amide bonds. The quantitative estimate of drug-likeness (QED) is 0.170. The number of aryl methyl sites for hydroxylation is 9. The van der Waals surface area contributed by atoms with E-state index in [1.54, 1.807) is 0 Å². The van der Waals surface area contributed by atoms with Crippen molar-refractivity contribution in [2.24, 2.45) is 0 Å². The summed E-state index contributed by atoms with van der Waals surface area (Å²) in [5, 5.41) is 0. The van der Waals surface area contributed by atoms with Crippen LogP contribution in [0.4, 0.5) is 0 Å². The maximum Gasteiger partial charge on any atom is 0.337 e. The number of aromatic nitrogens is 4. The lowest BCUT2D eigenvalue weighted by Gasteiger charge is -2.14. The van der Waals surface area contributed by atoms with Crippen molar-refractivity contribution in [2.45, 2.75) is 62.3 Å². The Morgan fingerprint density at radius 3 is 1.02 bits per heavy atom. The third-order valence-electron chi connectivity index (χ3n) is 12.1. The Balaban J connectivity index is 1.50. The second-order valence-electron chi connectivity index (χ2n) is 16.9. The number of H-pyrrole nitrogens is 2. The topological polar surface area (TPSA) is 83.7 Å². The zero-order chi connectivity index (χ0) is 42.9. The Labute approximate surface area is 357 Å². The van der Waals surface area contributed by atoms with Gasteiger partial charge in [-0.25, -0.2) is 14.8 Å². The highest BCUT2D eigenvalue weighted by atomic mass is 16.5. The van der Waals surface area contributed by atoms with E-state index in [0.717, 1.165) is 83.8 Å². The molecule has 61 heavy (non-hydrogen) atoms. The molecule has 0 saturated carbocycles. The van der Waals surface area contributed by atoms with Gasteiger partial charge < -0.3 is 14.7 Å². The van der Waals surface area contributed by atoms with Gasteiger partial charge in [0.15, 0.2) is 0 Å². The van der Waals surface area contributed by atoms with Crippen molar-refractivity contribution in [1.29, 1.82) is 0 Å². The van der Waals surface area contributed by atoms with E-state index < -0.39 is 0 Å². The smallest absolute Gasteiger partial charge is 0.337 e. The molecule has 302 valence electrons. The van der Waals surface area contributed by atoms with Crippen molar-refractivity contribution in [3.8, 4) is 44.5 Å². The molecule has 7 aromatic rings. The number of nitrogens with zero attached hydrogens (tertiary/aromatic N) is 2. The Morgan fingerprint density at radius 1 is 0.410 bits per heavy atom. The average Bonchev–Trinajstić information content (AvgIpc) is 4.05. The van der Waals surface area contributed by atoms with E-state index in [9.17, 15) is 4.79 Å². The number of esters is 1. The zero-order valence-electron chi connectivity index (χ0n) is 36.6.